The Hall–Kier alpha value is -0.570. The van der Waals surface area contributed by atoms with E-state index in [2.05, 4.69) is 33.0 Å². The van der Waals surface area contributed by atoms with Crippen molar-refractivity contribution in [1.82, 2.24) is 5.32 Å². The standard InChI is InChI=1S/C10H19NO2/c1-6(7(12)13)11-8-9(2,3)10(8,4)5/h6,8,11H,1-5H3,(H,12,13). The van der Waals surface area contributed by atoms with Gasteiger partial charge in [0, 0.05) is 6.04 Å². The molecule has 0 heterocycles. The van der Waals surface area contributed by atoms with E-state index in [-0.39, 0.29) is 10.8 Å². The molecule has 1 aliphatic carbocycles. The lowest BCUT2D eigenvalue weighted by Gasteiger charge is -2.10. The maximum absolute atomic E-state index is 10.6. The van der Waals surface area contributed by atoms with Crippen LogP contribution in [0.1, 0.15) is 34.6 Å². The van der Waals surface area contributed by atoms with Crippen LogP contribution in [0, 0.1) is 10.8 Å². The Balaban J connectivity index is 2.56. The number of aliphatic carboxylic acids is 1. The topological polar surface area (TPSA) is 49.3 Å². The van der Waals surface area contributed by atoms with E-state index in [0.29, 0.717) is 6.04 Å². The number of hydrogen-bond donors (Lipinski definition) is 2. The number of hydrogen-bond acceptors (Lipinski definition) is 2. The maximum Gasteiger partial charge on any atom is 0.320 e. The summed E-state index contributed by atoms with van der Waals surface area (Å²) in [7, 11) is 0. The van der Waals surface area contributed by atoms with E-state index in [1.165, 1.54) is 0 Å². The van der Waals surface area contributed by atoms with Gasteiger partial charge in [-0.2, -0.15) is 0 Å². The second kappa shape index (κ2) is 2.71. The molecule has 1 rings (SSSR count). The molecule has 0 saturated heterocycles. The number of carboxylic acids is 1. The lowest BCUT2D eigenvalue weighted by Crippen LogP contribution is -2.37. The van der Waals surface area contributed by atoms with E-state index in [9.17, 15) is 4.79 Å². The SMILES string of the molecule is CC(NC1C(C)(C)C1(C)C)C(=O)O. The third-order valence-corrected chi connectivity index (χ3v) is 3.81. The van der Waals surface area contributed by atoms with Gasteiger partial charge in [0.25, 0.3) is 0 Å². The molecule has 1 aliphatic rings. The molecular weight excluding hydrogens is 166 g/mol. The number of rotatable bonds is 3. The highest BCUT2D eigenvalue weighted by Crippen LogP contribution is 2.62. The maximum atomic E-state index is 10.6. The van der Waals surface area contributed by atoms with E-state index in [4.69, 9.17) is 5.11 Å². The van der Waals surface area contributed by atoms with Crippen LogP contribution < -0.4 is 5.32 Å². The molecule has 1 fully saturated rings. The van der Waals surface area contributed by atoms with E-state index < -0.39 is 12.0 Å². The summed E-state index contributed by atoms with van der Waals surface area (Å²) in [4.78, 5) is 10.6. The summed E-state index contributed by atoms with van der Waals surface area (Å²) in [6.07, 6.45) is 0. The smallest absolute Gasteiger partial charge is 0.320 e. The predicted molar refractivity (Wildman–Crippen MR) is 51.6 cm³/mol. The van der Waals surface area contributed by atoms with Gasteiger partial charge in [-0.05, 0) is 17.8 Å². The van der Waals surface area contributed by atoms with Crippen LogP contribution in [0.4, 0.5) is 0 Å². The highest BCUT2D eigenvalue weighted by atomic mass is 16.4. The minimum Gasteiger partial charge on any atom is -0.480 e. The second-order valence-electron chi connectivity index (χ2n) is 5.10. The zero-order chi connectivity index (χ0) is 10.4. The van der Waals surface area contributed by atoms with Gasteiger partial charge in [0.1, 0.15) is 6.04 Å². The number of nitrogens with one attached hydrogen (secondary N) is 1. The van der Waals surface area contributed by atoms with Crippen LogP contribution in [0.3, 0.4) is 0 Å². The van der Waals surface area contributed by atoms with Crippen LogP contribution in [0.15, 0.2) is 0 Å². The highest BCUT2D eigenvalue weighted by Gasteiger charge is 2.65. The molecule has 0 spiro atoms. The molecule has 0 bridgehead atoms. The van der Waals surface area contributed by atoms with Crippen molar-refractivity contribution < 1.29 is 9.90 Å². The van der Waals surface area contributed by atoms with Gasteiger partial charge in [0.15, 0.2) is 0 Å². The Kier molecular flexibility index (Phi) is 2.19. The van der Waals surface area contributed by atoms with Crippen molar-refractivity contribution in [2.45, 2.75) is 46.7 Å². The van der Waals surface area contributed by atoms with Crippen molar-refractivity contribution in [1.29, 1.82) is 0 Å². The molecule has 2 N–H and O–H groups in total. The largest absolute Gasteiger partial charge is 0.480 e. The van der Waals surface area contributed by atoms with Crippen LogP contribution in [0.2, 0.25) is 0 Å². The van der Waals surface area contributed by atoms with Crippen molar-refractivity contribution in [3.63, 3.8) is 0 Å². The number of carbonyl (C=O) groups is 1. The first-order valence-corrected chi connectivity index (χ1v) is 4.70. The average Bonchev–Trinajstić information content (AvgIpc) is 2.32. The molecule has 0 aliphatic heterocycles. The van der Waals surface area contributed by atoms with Crippen molar-refractivity contribution >= 4 is 5.97 Å². The van der Waals surface area contributed by atoms with Crippen LogP contribution in [-0.2, 0) is 4.79 Å². The fraction of sp³-hybridized carbons (Fsp3) is 0.900. The molecule has 0 aromatic rings. The third kappa shape index (κ3) is 1.46. The molecular formula is C10H19NO2. The van der Waals surface area contributed by atoms with Crippen LogP contribution in [-0.4, -0.2) is 23.2 Å². The summed E-state index contributed by atoms with van der Waals surface area (Å²) in [6.45, 7) is 10.4. The van der Waals surface area contributed by atoms with Crippen LogP contribution >= 0.6 is 0 Å². The van der Waals surface area contributed by atoms with Crippen molar-refractivity contribution in [3.8, 4) is 0 Å². The monoisotopic (exact) mass is 185 g/mol. The molecule has 1 atom stereocenters. The summed E-state index contributed by atoms with van der Waals surface area (Å²) >= 11 is 0. The van der Waals surface area contributed by atoms with E-state index in [1.807, 2.05) is 0 Å². The van der Waals surface area contributed by atoms with Gasteiger partial charge >= 0.3 is 5.97 Å². The quantitative estimate of drug-likeness (QED) is 0.700. The lowest BCUT2D eigenvalue weighted by molar-refractivity contribution is -0.139. The normalized spacial score (nSPS) is 26.8. The molecule has 0 radical (unpaired) electrons. The second-order valence-corrected chi connectivity index (χ2v) is 5.10. The molecule has 3 heteroatoms. The van der Waals surface area contributed by atoms with Crippen LogP contribution in [0.25, 0.3) is 0 Å². The van der Waals surface area contributed by atoms with Gasteiger partial charge < -0.3 is 10.4 Å². The Morgan fingerprint density at radius 2 is 1.69 bits per heavy atom. The van der Waals surface area contributed by atoms with Gasteiger partial charge in [0.05, 0.1) is 0 Å². The Labute approximate surface area is 79.5 Å². The van der Waals surface area contributed by atoms with Crippen molar-refractivity contribution in [2.24, 2.45) is 10.8 Å². The van der Waals surface area contributed by atoms with E-state index >= 15 is 0 Å². The molecule has 0 amide bonds. The Morgan fingerprint density at radius 3 is 1.92 bits per heavy atom. The minimum absolute atomic E-state index is 0.205. The van der Waals surface area contributed by atoms with Gasteiger partial charge in [-0.15, -0.1) is 0 Å². The molecule has 3 nitrogen and oxygen atoms in total. The molecule has 76 valence electrons. The summed E-state index contributed by atoms with van der Waals surface area (Å²) in [5.41, 5.74) is 0.410. The fourth-order valence-corrected chi connectivity index (χ4v) is 1.93. The Morgan fingerprint density at radius 1 is 1.31 bits per heavy atom. The molecule has 13 heavy (non-hydrogen) atoms. The van der Waals surface area contributed by atoms with Gasteiger partial charge in [-0.1, -0.05) is 27.7 Å². The number of carboxylic acid groups (broad SMARTS) is 1. The van der Waals surface area contributed by atoms with Gasteiger partial charge in [0.2, 0.25) is 0 Å². The summed E-state index contributed by atoms with van der Waals surface area (Å²) in [6, 6.07) is -0.142. The molecule has 0 aromatic heterocycles. The molecule has 1 unspecified atom stereocenters. The zero-order valence-electron chi connectivity index (χ0n) is 9.01. The van der Waals surface area contributed by atoms with Crippen LogP contribution in [0.5, 0.6) is 0 Å². The van der Waals surface area contributed by atoms with Gasteiger partial charge in [-0.3, -0.25) is 4.79 Å². The first-order chi connectivity index (χ1) is 5.71. The summed E-state index contributed by atoms with van der Waals surface area (Å²) in [5.74, 6) is -0.779. The highest BCUT2D eigenvalue weighted by molar-refractivity contribution is 5.73. The first kappa shape index (κ1) is 10.5. The first-order valence-electron chi connectivity index (χ1n) is 4.70. The lowest BCUT2D eigenvalue weighted by atomic mass is 10.0. The summed E-state index contributed by atoms with van der Waals surface area (Å²) < 4.78 is 0. The minimum atomic E-state index is -0.779. The molecule has 1 saturated carbocycles. The Bertz CT molecular complexity index is 219. The predicted octanol–water partition coefficient (Wildman–Crippen LogP) is 1.48. The van der Waals surface area contributed by atoms with Crippen molar-refractivity contribution in [2.75, 3.05) is 0 Å². The zero-order valence-corrected chi connectivity index (χ0v) is 9.01. The molecule has 0 aromatic carbocycles. The van der Waals surface area contributed by atoms with E-state index in [1.54, 1.807) is 6.92 Å². The van der Waals surface area contributed by atoms with E-state index in [0.717, 1.165) is 0 Å². The van der Waals surface area contributed by atoms with Crippen molar-refractivity contribution in [3.05, 3.63) is 0 Å². The fourth-order valence-electron chi connectivity index (χ4n) is 1.93. The average molecular weight is 185 g/mol. The third-order valence-electron chi connectivity index (χ3n) is 3.81. The van der Waals surface area contributed by atoms with Gasteiger partial charge in [-0.25, -0.2) is 0 Å². The summed E-state index contributed by atoms with van der Waals surface area (Å²) in [5, 5.41) is 11.9.